The second kappa shape index (κ2) is 8.69. The summed E-state index contributed by atoms with van der Waals surface area (Å²) in [5, 5.41) is 2.57. The zero-order chi connectivity index (χ0) is 22.6. The van der Waals surface area contributed by atoms with E-state index in [9.17, 15) is 18.0 Å². The lowest BCUT2D eigenvalue weighted by Crippen LogP contribution is -2.18. The predicted molar refractivity (Wildman–Crippen MR) is 107 cm³/mol. The quantitative estimate of drug-likeness (QED) is 0.532. The van der Waals surface area contributed by atoms with Crippen molar-refractivity contribution in [3.05, 3.63) is 60.3 Å². The van der Waals surface area contributed by atoms with Gasteiger partial charge in [0, 0.05) is 41.7 Å². The van der Waals surface area contributed by atoms with Crippen molar-refractivity contribution in [1.29, 1.82) is 0 Å². The maximum Gasteiger partial charge on any atom is 0.573 e. The third-order valence-electron chi connectivity index (χ3n) is 3.91. The van der Waals surface area contributed by atoms with Gasteiger partial charge in [-0.25, -0.2) is 4.98 Å². The van der Waals surface area contributed by atoms with Crippen LogP contribution in [-0.4, -0.2) is 24.4 Å². The lowest BCUT2D eigenvalue weighted by atomic mass is 10.2. The highest BCUT2D eigenvalue weighted by Crippen LogP contribution is 2.34. The van der Waals surface area contributed by atoms with Gasteiger partial charge >= 0.3 is 6.36 Å². The second-order valence-electron chi connectivity index (χ2n) is 6.14. The number of halogens is 3. The molecule has 1 aromatic heterocycles. The molecule has 5 N–H and O–H groups in total. The number of methoxy groups -OCH3 is 1. The van der Waals surface area contributed by atoms with Crippen LogP contribution in [0.2, 0.25) is 0 Å². The molecule has 8 nitrogen and oxygen atoms in total. The van der Waals surface area contributed by atoms with Gasteiger partial charge in [-0.3, -0.25) is 4.79 Å². The third-order valence-corrected chi connectivity index (χ3v) is 3.91. The molecule has 11 heteroatoms. The smallest absolute Gasteiger partial charge is 0.497 e. The summed E-state index contributed by atoms with van der Waals surface area (Å²) >= 11 is 0. The average molecular weight is 434 g/mol. The Balaban J connectivity index is 1.83. The Hall–Kier alpha value is -4.15. The van der Waals surface area contributed by atoms with Gasteiger partial charge in [-0.05, 0) is 18.2 Å². The van der Waals surface area contributed by atoms with Crippen molar-refractivity contribution < 1.29 is 32.2 Å². The molecule has 162 valence electrons. The van der Waals surface area contributed by atoms with Crippen LogP contribution in [0.5, 0.6) is 23.0 Å². The molecular weight excluding hydrogens is 417 g/mol. The van der Waals surface area contributed by atoms with E-state index in [-0.39, 0.29) is 34.3 Å². The molecule has 1 amide bonds. The highest BCUT2D eigenvalue weighted by atomic mass is 19.4. The van der Waals surface area contributed by atoms with E-state index in [2.05, 4.69) is 15.0 Å². The van der Waals surface area contributed by atoms with Gasteiger partial charge in [-0.15, -0.1) is 13.2 Å². The summed E-state index contributed by atoms with van der Waals surface area (Å²) in [4.78, 5) is 16.4. The first-order valence-electron chi connectivity index (χ1n) is 8.68. The average Bonchev–Trinajstić information content (AvgIpc) is 2.70. The molecule has 31 heavy (non-hydrogen) atoms. The van der Waals surface area contributed by atoms with Gasteiger partial charge in [0.05, 0.1) is 7.11 Å². The topological polar surface area (TPSA) is 122 Å². The van der Waals surface area contributed by atoms with Gasteiger partial charge < -0.3 is 31.0 Å². The molecule has 0 saturated heterocycles. The standard InChI is InChI=1S/C20H17F3N4O4/c1-29-14-8-12(9-15(10-14)30-16-5-6-26-18(25)17(16)24)27-19(28)11-3-2-4-13(7-11)31-20(21,22)23/h2-10H,24H2,1H3,(H2,25,26)(H,27,28). The zero-order valence-corrected chi connectivity index (χ0v) is 16.1. The number of nitrogens with two attached hydrogens (primary N) is 2. The number of hydrogen-bond acceptors (Lipinski definition) is 7. The van der Waals surface area contributed by atoms with Gasteiger partial charge in [0.2, 0.25) is 0 Å². The number of nitrogens with zero attached hydrogens (tertiary/aromatic N) is 1. The zero-order valence-electron chi connectivity index (χ0n) is 16.1. The van der Waals surface area contributed by atoms with E-state index in [0.29, 0.717) is 5.75 Å². The van der Waals surface area contributed by atoms with Crippen molar-refractivity contribution in [2.75, 3.05) is 23.9 Å². The number of ether oxygens (including phenoxy) is 3. The summed E-state index contributed by atoms with van der Waals surface area (Å²) in [5.74, 6) is -0.228. The normalized spacial score (nSPS) is 11.0. The molecule has 0 atom stereocenters. The van der Waals surface area contributed by atoms with E-state index in [1.807, 2.05) is 0 Å². The molecule has 0 aliphatic rings. The molecule has 3 rings (SSSR count). The molecule has 2 aromatic carbocycles. The molecule has 0 fully saturated rings. The molecule has 0 aliphatic carbocycles. The van der Waals surface area contributed by atoms with Crippen LogP contribution in [0.3, 0.4) is 0 Å². The number of pyridine rings is 1. The lowest BCUT2D eigenvalue weighted by Gasteiger charge is -2.13. The Morgan fingerprint density at radius 1 is 1.03 bits per heavy atom. The summed E-state index contributed by atoms with van der Waals surface area (Å²) < 4.78 is 52.0. The van der Waals surface area contributed by atoms with Crippen molar-refractivity contribution in [3.8, 4) is 23.0 Å². The van der Waals surface area contributed by atoms with Crippen LogP contribution in [-0.2, 0) is 0 Å². The van der Waals surface area contributed by atoms with E-state index in [4.69, 9.17) is 20.9 Å². The molecule has 0 saturated carbocycles. The Morgan fingerprint density at radius 3 is 2.48 bits per heavy atom. The van der Waals surface area contributed by atoms with E-state index in [1.165, 1.54) is 43.6 Å². The molecule has 3 aromatic rings. The van der Waals surface area contributed by atoms with Gasteiger partial charge in [0.25, 0.3) is 5.91 Å². The third kappa shape index (κ3) is 5.69. The minimum absolute atomic E-state index is 0.0433. The number of rotatable bonds is 6. The number of aromatic nitrogens is 1. The highest BCUT2D eigenvalue weighted by molar-refractivity contribution is 6.04. The molecule has 0 aliphatic heterocycles. The van der Waals surface area contributed by atoms with E-state index < -0.39 is 18.0 Å². The number of hydrogen-bond donors (Lipinski definition) is 3. The first-order chi connectivity index (χ1) is 14.6. The Labute approximate surface area is 174 Å². The van der Waals surface area contributed by atoms with Gasteiger partial charge in [-0.1, -0.05) is 6.07 Å². The van der Waals surface area contributed by atoms with Crippen LogP contribution in [0.1, 0.15) is 10.4 Å². The first-order valence-corrected chi connectivity index (χ1v) is 8.68. The Kier molecular flexibility index (Phi) is 6.05. The van der Waals surface area contributed by atoms with E-state index >= 15 is 0 Å². The largest absolute Gasteiger partial charge is 0.573 e. The SMILES string of the molecule is COc1cc(NC(=O)c2cccc(OC(F)(F)F)c2)cc(Oc2ccnc(N)c2N)c1. The maximum atomic E-state index is 12.5. The number of anilines is 3. The lowest BCUT2D eigenvalue weighted by molar-refractivity contribution is -0.274. The summed E-state index contributed by atoms with van der Waals surface area (Å²) in [5.41, 5.74) is 11.9. The molecule has 0 unspecified atom stereocenters. The van der Waals surface area contributed by atoms with Crippen LogP contribution in [0.15, 0.2) is 54.7 Å². The highest BCUT2D eigenvalue weighted by Gasteiger charge is 2.31. The monoisotopic (exact) mass is 434 g/mol. The first kappa shape index (κ1) is 21.6. The van der Waals surface area contributed by atoms with Crippen LogP contribution < -0.4 is 31.0 Å². The fourth-order valence-corrected chi connectivity index (χ4v) is 2.55. The van der Waals surface area contributed by atoms with Crippen LogP contribution in [0.25, 0.3) is 0 Å². The van der Waals surface area contributed by atoms with Crippen molar-refractivity contribution >= 4 is 23.1 Å². The van der Waals surface area contributed by atoms with Crippen molar-refractivity contribution in [1.82, 2.24) is 4.98 Å². The summed E-state index contributed by atoms with van der Waals surface area (Å²) in [6.45, 7) is 0. The van der Waals surface area contributed by atoms with Crippen LogP contribution in [0, 0.1) is 0 Å². The summed E-state index contributed by atoms with van der Waals surface area (Å²) in [6.07, 6.45) is -3.45. The Bertz CT molecular complexity index is 1110. The van der Waals surface area contributed by atoms with Crippen LogP contribution in [0.4, 0.5) is 30.4 Å². The molecule has 0 radical (unpaired) electrons. The fourth-order valence-electron chi connectivity index (χ4n) is 2.55. The van der Waals surface area contributed by atoms with Crippen molar-refractivity contribution in [3.63, 3.8) is 0 Å². The second-order valence-corrected chi connectivity index (χ2v) is 6.14. The van der Waals surface area contributed by atoms with Gasteiger partial charge in [-0.2, -0.15) is 0 Å². The van der Waals surface area contributed by atoms with Crippen molar-refractivity contribution in [2.45, 2.75) is 6.36 Å². The van der Waals surface area contributed by atoms with Gasteiger partial charge in [0.1, 0.15) is 28.8 Å². The number of nitrogens with one attached hydrogen (secondary N) is 1. The van der Waals surface area contributed by atoms with E-state index in [1.54, 1.807) is 6.07 Å². The number of alkyl halides is 3. The predicted octanol–water partition coefficient (Wildman–Crippen LogP) is 4.20. The Morgan fingerprint density at radius 2 is 1.77 bits per heavy atom. The van der Waals surface area contributed by atoms with Crippen molar-refractivity contribution in [2.24, 2.45) is 0 Å². The number of benzene rings is 2. The fraction of sp³-hybridized carbons (Fsp3) is 0.100. The molecule has 0 spiro atoms. The molecule has 1 heterocycles. The molecule has 0 bridgehead atoms. The molecular formula is C20H17F3N4O4. The minimum atomic E-state index is -4.87. The summed E-state index contributed by atoms with van der Waals surface area (Å²) in [6, 6.07) is 10.7. The number of carbonyl (C=O) groups is 1. The van der Waals surface area contributed by atoms with E-state index in [0.717, 1.165) is 12.1 Å². The number of nitrogen functional groups attached to an aromatic ring is 2. The van der Waals surface area contributed by atoms with Crippen LogP contribution >= 0.6 is 0 Å². The minimum Gasteiger partial charge on any atom is -0.497 e. The number of carbonyl (C=O) groups excluding carboxylic acids is 1. The maximum absolute atomic E-state index is 12.5. The van der Waals surface area contributed by atoms with Gasteiger partial charge in [0.15, 0.2) is 5.75 Å². The number of amides is 1. The summed E-state index contributed by atoms with van der Waals surface area (Å²) in [7, 11) is 1.42.